The summed E-state index contributed by atoms with van der Waals surface area (Å²) in [7, 11) is 0. The Bertz CT molecular complexity index is 797. The molecule has 1 heterocycles. The quantitative estimate of drug-likeness (QED) is 0.835. The van der Waals surface area contributed by atoms with Gasteiger partial charge in [0.25, 0.3) is 11.1 Å². The molecular weight excluding hydrogens is 355 g/mol. The number of thioether (sulfide) groups is 1. The lowest BCUT2D eigenvalue weighted by Gasteiger charge is -2.16. The van der Waals surface area contributed by atoms with Gasteiger partial charge in [-0.15, -0.1) is 0 Å². The fourth-order valence-electron chi connectivity index (χ4n) is 2.26. The minimum absolute atomic E-state index is 0.323. The molecule has 2 aromatic rings. The number of hydrogen-bond acceptors (Lipinski definition) is 4. The molecule has 0 bridgehead atoms. The first-order chi connectivity index (χ1) is 11.0. The summed E-state index contributed by atoms with van der Waals surface area (Å²) in [6.45, 7) is 1.91. The topological polar surface area (TPSA) is 49.4 Å². The van der Waals surface area contributed by atoms with Crippen molar-refractivity contribution in [2.24, 2.45) is 0 Å². The van der Waals surface area contributed by atoms with Crippen LogP contribution in [0.5, 0.6) is 0 Å². The number of carbonyl (C=O) groups is 2. The lowest BCUT2D eigenvalue weighted by atomic mass is 10.2. The number of nitrogens with zero attached hydrogens (tertiary/aromatic N) is 1. The Morgan fingerprint density at radius 3 is 2.61 bits per heavy atom. The second-order valence-corrected chi connectivity index (χ2v) is 6.86. The van der Waals surface area contributed by atoms with E-state index in [0.29, 0.717) is 21.4 Å². The molecule has 1 fully saturated rings. The molecule has 23 heavy (non-hydrogen) atoms. The molecule has 1 aliphatic rings. The van der Waals surface area contributed by atoms with Crippen LogP contribution in [0, 0.1) is 6.92 Å². The van der Waals surface area contributed by atoms with Crippen LogP contribution in [0.4, 0.5) is 16.2 Å². The van der Waals surface area contributed by atoms with Gasteiger partial charge in [-0.2, -0.15) is 0 Å². The van der Waals surface area contributed by atoms with E-state index in [1.54, 1.807) is 30.3 Å². The van der Waals surface area contributed by atoms with Crippen molar-refractivity contribution >= 4 is 57.5 Å². The number of nitrogens with one attached hydrogen (secondary N) is 1. The van der Waals surface area contributed by atoms with Crippen LogP contribution in [0.3, 0.4) is 0 Å². The highest BCUT2D eigenvalue weighted by Crippen LogP contribution is 2.36. The maximum Gasteiger partial charge on any atom is 0.295 e. The standard InChI is InChI=1S/C16H12Cl2N2O2S/c1-9-4-2-5-10(8-9)20-15(21)14(23-16(20)22)19-12-7-3-6-11(17)13(12)18/h2-8,14,19H,1H3. The molecule has 7 heteroatoms. The summed E-state index contributed by atoms with van der Waals surface area (Å²) in [6.07, 6.45) is 0. The molecule has 0 radical (unpaired) electrons. The van der Waals surface area contributed by atoms with Gasteiger partial charge in [-0.3, -0.25) is 9.59 Å². The van der Waals surface area contributed by atoms with Gasteiger partial charge in [-0.05, 0) is 48.5 Å². The number of imide groups is 1. The van der Waals surface area contributed by atoms with Gasteiger partial charge >= 0.3 is 0 Å². The number of hydrogen-bond donors (Lipinski definition) is 1. The fourth-order valence-corrected chi connectivity index (χ4v) is 3.51. The lowest BCUT2D eigenvalue weighted by Crippen LogP contribution is -2.34. The predicted molar refractivity (Wildman–Crippen MR) is 95.5 cm³/mol. The summed E-state index contributed by atoms with van der Waals surface area (Å²) < 4.78 is 0. The maximum absolute atomic E-state index is 12.6. The van der Waals surface area contributed by atoms with E-state index < -0.39 is 5.37 Å². The smallest absolute Gasteiger partial charge is 0.295 e. The van der Waals surface area contributed by atoms with Gasteiger partial charge in [0.1, 0.15) is 0 Å². The molecule has 2 aromatic carbocycles. The molecule has 2 amide bonds. The zero-order valence-electron chi connectivity index (χ0n) is 12.0. The molecule has 4 nitrogen and oxygen atoms in total. The molecule has 1 saturated heterocycles. The van der Waals surface area contributed by atoms with Gasteiger partial charge in [0, 0.05) is 0 Å². The Labute approximate surface area is 147 Å². The first-order valence-electron chi connectivity index (χ1n) is 6.79. The molecule has 1 atom stereocenters. The first kappa shape index (κ1) is 16.2. The van der Waals surface area contributed by atoms with E-state index in [-0.39, 0.29) is 11.1 Å². The Morgan fingerprint density at radius 1 is 1.13 bits per heavy atom. The lowest BCUT2D eigenvalue weighted by molar-refractivity contribution is -0.116. The van der Waals surface area contributed by atoms with Crippen molar-refractivity contribution in [3.8, 4) is 0 Å². The normalized spacial score (nSPS) is 17.7. The number of anilines is 2. The third kappa shape index (κ3) is 3.17. The van der Waals surface area contributed by atoms with Gasteiger partial charge < -0.3 is 5.32 Å². The maximum atomic E-state index is 12.6. The van der Waals surface area contributed by atoms with Crippen LogP contribution in [0.25, 0.3) is 0 Å². The molecule has 1 unspecified atom stereocenters. The Hall–Kier alpha value is -1.69. The number of aryl methyl sites for hydroxylation is 1. The van der Waals surface area contributed by atoms with Crippen molar-refractivity contribution in [2.45, 2.75) is 12.3 Å². The first-order valence-corrected chi connectivity index (χ1v) is 8.43. The molecule has 0 aliphatic carbocycles. The van der Waals surface area contributed by atoms with Crippen LogP contribution in [-0.4, -0.2) is 16.5 Å². The fraction of sp³-hybridized carbons (Fsp3) is 0.125. The summed E-state index contributed by atoms with van der Waals surface area (Å²) in [5.41, 5.74) is 2.06. The van der Waals surface area contributed by atoms with Crippen molar-refractivity contribution in [3.05, 3.63) is 58.1 Å². The number of rotatable bonds is 3. The molecule has 1 N–H and O–H groups in total. The minimum Gasteiger partial charge on any atom is -0.364 e. The van der Waals surface area contributed by atoms with Gasteiger partial charge in [-0.25, -0.2) is 4.90 Å². The van der Waals surface area contributed by atoms with E-state index in [9.17, 15) is 9.59 Å². The van der Waals surface area contributed by atoms with Crippen molar-refractivity contribution in [3.63, 3.8) is 0 Å². The summed E-state index contributed by atoms with van der Waals surface area (Å²) in [4.78, 5) is 26.0. The zero-order chi connectivity index (χ0) is 16.6. The highest BCUT2D eigenvalue weighted by atomic mass is 35.5. The van der Waals surface area contributed by atoms with E-state index in [1.807, 2.05) is 19.1 Å². The van der Waals surface area contributed by atoms with Crippen LogP contribution in [0.2, 0.25) is 10.0 Å². The van der Waals surface area contributed by atoms with Crippen LogP contribution in [0.15, 0.2) is 42.5 Å². The van der Waals surface area contributed by atoms with Crippen molar-refractivity contribution < 1.29 is 9.59 Å². The van der Waals surface area contributed by atoms with Gasteiger partial charge in [-0.1, -0.05) is 41.4 Å². The summed E-state index contributed by atoms with van der Waals surface area (Å²) in [5, 5.41) is 2.63. The second-order valence-electron chi connectivity index (χ2n) is 5.02. The molecule has 118 valence electrons. The average molecular weight is 367 g/mol. The Balaban J connectivity index is 1.85. The van der Waals surface area contributed by atoms with Crippen molar-refractivity contribution in [1.29, 1.82) is 0 Å². The largest absolute Gasteiger partial charge is 0.364 e. The Morgan fingerprint density at radius 2 is 1.87 bits per heavy atom. The predicted octanol–water partition coefficient (Wildman–Crippen LogP) is 4.94. The van der Waals surface area contributed by atoms with E-state index in [2.05, 4.69) is 5.32 Å². The second kappa shape index (κ2) is 6.43. The molecule has 0 spiro atoms. The van der Waals surface area contributed by atoms with Crippen LogP contribution in [0.1, 0.15) is 5.56 Å². The summed E-state index contributed by atoms with van der Waals surface area (Å²) >= 11 is 13.0. The van der Waals surface area contributed by atoms with E-state index in [4.69, 9.17) is 23.2 Å². The highest BCUT2D eigenvalue weighted by Gasteiger charge is 2.41. The highest BCUT2D eigenvalue weighted by molar-refractivity contribution is 8.16. The number of amides is 2. The monoisotopic (exact) mass is 366 g/mol. The Kier molecular flexibility index (Phi) is 4.53. The molecule has 3 rings (SSSR count). The van der Waals surface area contributed by atoms with Gasteiger partial charge in [0.2, 0.25) is 0 Å². The van der Waals surface area contributed by atoms with Crippen molar-refractivity contribution in [1.82, 2.24) is 0 Å². The van der Waals surface area contributed by atoms with Crippen LogP contribution < -0.4 is 10.2 Å². The zero-order valence-corrected chi connectivity index (χ0v) is 14.4. The molecule has 0 saturated carbocycles. The average Bonchev–Trinajstić information content (AvgIpc) is 2.78. The summed E-state index contributed by atoms with van der Waals surface area (Å²) in [5.74, 6) is -0.332. The molecule has 0 aromatic heterocycles. The van der Waals surface area contributed by atoms with Gasteiger partial charge in [0.05, 0.1) is 21.4 Å². The SMILES string of the molecule is Cc1cccc(N2C(=O)SC(Nc3cccc(Cl)c3Cl)C2=O)c1. The summed E-state index contributed by atoms with van der Waals surface area (Å²) in [6, 6.07) is 12.3. The minimum atomic E-state index is -0.737. The number of carbonyl (C=O) groups excluding carboxylic acids is 2. The van der Waals surface area contributed by atoms with Crippen LogP contribution in [-0.2, 0) is 4.79 Å². The third-order valence-corrected chi connectivity index (χ3v) is 5.10. The van der Waals surface area contributed by atoms with Gasteiger partial charge in [0.15, 0.2) is 5.37 Å². The molecular formula is C16H12Cl2N2O2S. The molecule has 1 aliphatic heterocycles. The van der Waals surface area contributed by atoms with E-state index in [1.165, 1.54) is 4.90 Å². The van der Waals surface area contributed by atoms with E-state index in [0.717, 1.165) is 17.3 Å². The number of benzene rings is 2. The number of halogens is 2. The van der Waals surface area contributed by atoms with E-state index >= 15 is 0 Å². The third-order valence-electron chi connectivity index (χ3n) is 3.34. The van der Waals surface area contributed by atoms with Crippen molar-refractivity contribution in [2.75, 3.05) is 10.2 Å². The van der Waals surface area contributed by atoms with Crippen LogP contribution >= 0.6 is 35.0 Å².